The number of nitrogens with one attached hydrogen (secondary N) is 1. The maximum Gasteiger partial charge on any atom is 0.126 e. The minimum atomic E-state index is -0.139. The standard InChI is InChI=1S/C25H26N2O/c1-3-18-12-14-19(15-13-18)22-16-23(21-10-6-7-11-24(21)28)27-25(26-22)20-9-5-4-8-17(20)2/h4-15,23,25,27-28H,3,16H2,1-2H3. The number of hydrogen-bond acceptors (Lipinski definition) is 3. The van der Waals surface area contributed by atoms with Crippen LogP contribution < -0.4 is 5.32 Å². The highest BCUT2D eigenvalue weighted by atomic mass is 16.3. The van der Waals surface area contributed by atoms with Gasteiger partial charge in [0.15, 0.2) is 0 Å². The van der Waals surface area contributed by atoms with Gasteiger partial charge in [0, 0.05) is 23.7 Å². The fourth-order valence-corrected chi connectivity index (χ4v) is 3.85. The van der Waals surface area contributed by atoms with Crippen LogP contribution in [0.3, 0.4) is 0 Å². The molecule has 4 rings (SSSR count). The SMILES string of the molecule is CCc1ccc(C2=NC(c3ccccc3C)NC(c3ccccc3O)C2)cc1. The van der Waals surface area contributed by atoms with Gasteiger partial charge in [-0.1, -0.05) is 73.7 Å². The van der Waals surface area contributed by atoms with Crippen LogP contribution in [0.5, 0.6) is 5.75 Å². The van der Waals surface area contributed by atoms with Crippen LogP contribution in [0.25, 0.3) is 0 Å². The Bertz CT molecular complexity index is 991. The second-order valence-electron chi connectivity index (χ2n) is 7.37. The number of phenols is 1. The lowest BCUT2D eigenvalue weighted by Crippen LogP contribution is -2.33. The molecular formula is C25H26N2O. The zero-order valence-electron chi connectivity index (χ0n) is 16.4. The minimum Gasteiger partial charge on any atom is -0.508 e. The lowest BCUT2D eigenvalue weighted by Gasteiger charge is -2.31. The van der Waals surface area contributed by atoms with Crippen LogP contribution in [0, 0.1) is 6.92 Å². The van der Waals surface area contributed by atoms with Gasteiger partial charge in [-0.25, -0.2) is 0 Å². The largest absolute Gasteiger partial charge is 0.508 e. The second kappa shape index (κ2) is 7.99. The Morgan fingerprint density at radius 1 is 0.929 bits per heavy atom. The Morgan fingerprint density at radius 2 is 1.61 bits per heavy atom. The maximum absolute atomic E-state index is 10.4. The van der Waals surface area contributed by atoms with Crippen LogP contribution >= 0.6 is 0 Å². The van der Waals surface area contributed by atoms with Gasteiger partial charge in [0.05, 0.1) is 0 Å². The summed E-state index contributed by atoms with van der Waals surface area (Å²) in [5.41, 5.74) is 6.85. The quantitative estimate of drug-likeness (QED) is 0.638. The molecule has 0 saturated heterocycles. The molecule has 2 N–H and O–H groups in total. The third-order valence-electron chi connectivity index (χ3n) is 5.53. The van der Waals surface area contributed by atoms with Crippen LogP contribution in [0.15, 0.2) is 77.8 Å². The first-order valence-electron chi connectivity index (χ1n) is 9.91. The third kappa shape index (κ3) is 3.71. The molecule has 0 aliphatic carbocycles. The van der Waals surface area contributed by atoms with Crippen LogP contribution in [0.1, 0.15) is 53.4 Å². The number of nitrogens with zero attached hydrogens (tertiary/aromatic N) is 1. The van der Waals surface area contributed by atoms with Crippen molar-refractivity contribution < 1.29 is 5.11 Å². The van der Waals surface area contributed by atoms with Gasteiger partial charge in [-0.05, 0) is 41.7 Å². The zero-order valence-corrected chi connectivity index (χ0v) is 16.4. The van der Waals surface area contributed by atoms with Crippen LogP contribution in [-0.4, -0.2) is 10.8 Å². The zero-order chi connectivity index (χ0) is 19.5. The predicted octanol–water partition coefficient (Wildman–Crippen LogP) is 5.49. The first-order chi connectivity index (χ1) is 13.7. The summed E-state index contributed by atoms with van der Waals surface area (Å²) in [7, 11) is 0. The summed E-state index contributed by atoms with van der Waals surface area (Å²) in [6, 6.07) is 24.6. The number of rotatable bonds is 4. The average Bonchev–Trinajstić information content (AvgIpc) is 2.74. The molecule has 0 bridgehead atoms. The number of benzene rings is 3. The van der Waals surface area contributed by atoms with Gasteiger partial charge in [-0.15, -0.1) is 0 Å². The van der Waals surface area contributed by atoms with Crippen molar-refractivity contribution in [1.82, 2.24) is 5.32 Å². The van der Waals surface area contributed by atoms with Crippen molar-refractivity contribution in [3.63, 3.8) is 0 Å². The highest BCUT2D eigenvalue weighted by Crippen LogP contribution is 2.35. The maximum atomic E-state index is 10.4. The smallest absolute Gasteiger partial charge is 0.126 e. The highest BCUT2D eigenvalue weighted by molar-refractivity contribution is 6.01. The summed E-state index contributed by atoms with van der Waals surface area (Å²) < 4.78 is 0. The molecule has 2 unspecified atom stereocenters. The Labute approximate surface area is 166 Å². The van der Waals surface area contributed by atoms with Gasteiger partial charge in [-0.2, -0.15) is 0 Å². The van der Waals surface area contributed by atoms with Crippen molar-refractivity contribution in [2.75, 3.05) is 0 Å². The lowest BCUT2D eigenvalue weighted by atomic mass is 9.92. The molecular weight excluding hydrogens is 344 g/mol. The summed E-state index contributed by atoms with van der Waals surface area (Å²) in [5, 5.41) is 14.1. The molecule has 0 saturated carbocycles. The monoisotopic (exact) mass is 370 g/mol. The molecule has 1 heterocycles. The first kappa shape index (κ1) is 18.5. The van der Waals surface area contributed by atoms with E-state index in [-0.39, 0.29) is 12.2 Å². The molecule has 0 aromatic heterocycles. The number of aromatic hydroxyl groups is 1. The van der Waals surface area contributed by atoms with Gasteiger partial charge in [0.25, 0.3) is 0 Å². The average molecular weight is 370 g/mol. The van der Waals surface area contributed by atoms with E-state index in [0.717, 1.165) is 29.7 Å². The van der Waals surface area contributed by atoms with Crippen molar-refractivity contribution in [2.45, 2.75) is 38.9 Å². The van der Waals surface area contributed by atoms with E-state index in [0.29, 0.717) is 5.75 Å². The van der Waals surface area contributed by atoms with Crippen molar-refractivity contribution in [3.05, 3.63) is 101 Å². The van der Waals surface area contributed by atoms with E-state index in [1.165, 1.54) is 16.7 Å². The number of aryl methyl sites for hydroxylation is 2. The molecule has 3 heteroatoms. The van der Waals surface area contributed by atoms with Crippen LogP contribution in [0.2, 0.25) is 0 Å². The Morgan fingerprint density at radius 3 is 2.29 bits per heavy atom. The van der Waals surface area contributed by atoms with Gasteiger partial charge in [0.2, 0.25) is 0 Å². The van der Waals surface area contributed by atoms with E-state index in [2.05, 4.69) is 67.7 Å². The molecule has 3 nitrogen and oxygen atoms in total. The van der Waals surface area contributed by atoms with Crippen molar-refractivity contribution in [3.8, 4) is 5.75 Å². The highest BCUT2D eigenvalue weighted by Gasteiger charge is 2.28. The van der Waals surface area contributed by atoms with Crippen LogP contribution in [-0.2, 0) is 6.42 Å². The summed E-state index contributed by atoms with van der Waals surface area (Å²) >= 11 is 0. The van der Waals surface area contributed by atoms with E-state index >= 15 is 0 Å². The van der Waals surface area contributed by atoms with Gasteiger partial charge >= 0.3 is 0 Å². The fraction of sp³-hybridized carbons (Fsp3) is 0.240. The number of para-hydroxylation sites is 1. The van der Waals surface area contributed by atoms with Crippen molar-refractivity contribution >= 4 is 5.71 Å². The summed E-state index contributed by atoms with van der Waals surface area (Å²) in [5.74, 6) is 0.325. The molecule has 2 atom stereocenters. The van der Waals surface area contributed by atoms with Crippen LogP contribution in [0.4, 0.5) is 0 Å². The Hall–Kier alpha value is -2.91. The Kier molecular flexibility index (Phi) is 5.27. The van der Waals surface area contributed by atoms with Crippen molar-refractivity contribution in [1.29, 1.82) is 0 Å². The fourth-order valence-electron chi connectivity index (χ4n) is 3.85. The van der Waals surface area contributed by atoms with Gasteiger partial charge in [0.1, 0.15) is 11.9 Å². The lowest BCUT2D eigenvalue weighted by molar-refractivity contribution is 0.412. The van der Waals surface area contributed by atoms with E-state index in [9.17, 15) is 5.11 Å². The van der Waals surface area contributed by atoms with Gasteiger partial charge < -0.3 is 5.11 Å². The third-order valence-corrected chi connectivity index (χ3v) is 5.53. The second-order valence-corrected chi connectivity index (χ2v) is 7.37. The number of hydrogen-bond donors (Lipinski definition) is 2. The molecule has 1 aliphatic heterocycles. The Balaban J connectivity index is 1.76. The number of phenolic OH excluding ortho intramolecular Hbond substituents is 1. The molecule has 28 heavy (non-hydrogen) atoms. The molecule has 1 aliphatic rings. The van der Waals surface area contributed by atoms with E-state index in [1.54, 1.807) is 6.07 Å². The van der Waals surface area contributed by atoms with Gasteiger partial charge in [-0.3, -0.25) is 10.3 Å². The minimum absolute atomic E-state index is 0.00385. The van der Waals surface area contributed by atoms with E-state index in [4.69, 9.17) is 4.99 Å². The number of aliphatic imine (C=N–C) groups is 1. The van der Waals surface area contributed by atoms with Crippen molar-refractivity contribution in [2.24, 2.45) is 4.99 Å². The summed E-state index contributed by atoms with van der Waals surface area (Å²) in [6.45, 7) is 4.28. The predicted molar refractivity (Wildman–Crippen MR) is 115 cm³/mol. The summed E-state index contributed by atoms with van der Waals surface area (Å²) in [6.07, 6.45) is 1.63. The molecule has 0 radical (unpaired) electrons. The first-order valence-corrected chi connectivity index (χ1v) is 9.91. The normalized spacial score (nSPS) is 19.3. The topological polar surface area (TPSA) is 44.6 Å². The van der Waals surface area contributed by atoms with E-state index in [1.807, 2.05) is 18.2 Å². The molecule has 142 valence electrons. The molecule has 3 aromatic rings. The molecule has 0 fully saturated rings. The van der Waals surface area contributed by atoms with E-state index < -0.39 is 0 Å². The molecule has 0 amide bonds. The molecule has 0 spiro atoms. The summed E-state index contributed by atoms with van der Waals surface area (Å²) in [4.78, 5) is 5.07. The molecule has 3 aromatic carbocycles.